The third kappa shape index (κ3) is 4.03. The van der Waals surface area contributed by atoms with Gasteiger partial charge in [-0.15, -0.1) is 0 Å². The third-order valence-electron chi connectivity index (χ3n) is 4.79. The number of hydrogen-bond donors (Lipinski definition) is 2. The lowest BCUT2D eigenvalue weighted by Crippen LogP contribution is -2.44. The Kier molecular flexibility index (Phi) is 5.30. The van der Waals surface area contributed by atoms with Gasteiger partial charge in [0.25, 0.3) is 0 Å². The number of pyridine rings is 1. The zero-order valence-electron chi connectivity index (χ0n) is 14.1. The van der Waals surface area contributed by atoms with Crippen LogP contribution in [0.3, 0.4) is 0 Å². The highest BCUT2D eigenvalue weighted by Crippen LogP contribution is 2.17. The number of likely N-dealkylation sites (N-methyl/N-ethyl adjacent to an activating group) is 1. The summed E-state index contributed by atoms with van der Waals surface area (Å²) in [6, 6.07) is 3.61. The fourth-order valence-corrected chi connectivity index (χ4v) is 3.40. The summed E-state index contributed by atoms with van der Waals surface area (Å²) in [6.45, 7) is 2.87. The van der Waals surface area contributed by atoms with Gasteiger partial charge in [-0.25, -0.2) is 4.79 Å². The van der Waals surface area contributed by atoms with Crippen molar-refractivity contribution in [3.8, 4) is 0 Å². The molecule has 3 amide bonds. The fourth-order valence-electron chi connectivity index (χ4n) is 3.40. The molecule has 24 heavy (non-hydrogen) atoms. The number of likely N-dealkylation sites (tertiary alicyclic amines) is 2. The van der Waals surface area contributed by atoms with Crippen LogP contribution in [0.4, 0.5) is 4.79 Å². The summed E-state index contributed by atoms with van der Waals surface area (Å²) in [5, 5.41) is 6.04. The van der Waals surface area contributed by atoms with Gasteiger partial charge < -0.3 is 15.5 Å². The van der Waals surface area contributed by atoms with Crippen molar-refractivity contribution < 1.29 is 9.59 Å². The Morgan fingerprint density at radius 1 is 1.25 bits per heavy atom. The van der Waals surface area contributed by atoms with Gasteiger partial charge in [0.05, 0.1) is 6.04 Å². The molecule has 1 aromatic heterocycles. The molecule has 3 heterocycles. The Balaban J connectivity index is 1.47. The van der Waals surface area contributed by atoms with Crippen molar-refractivity contribution in [2.24, 2.45) is 0 Å². The second-order valence-electron chi connectivity index (χ2n) is 6.60. The summed E-state index contributed by atoms with van der Waals surface area (Å²) in [5.74, 6) is 0.00670. The molecule has 130 valence electrons. The number of rotatable bonds is 4. The molecule has 2 fully saturated rings. The maximum absolute atomic E-state index is 12.4. The van der Waals surface area contributed by atoms with E-state index in [0.29, 0.717) is 19.5 Å². The maximum atomic E-state index is 12.4. The molecule has 0 radical (unpaired) electrons. The smallest absolute Gasteiger partial charge is 0.317 e. The molecule has 1 aromatic rings. The van der Waals surface area contributed by atoms with Gasteiger partial charge >= 0.3 is 6.03 Å². The molecule has 2 aliphatic heterocycles. The number of nitrogens with one attached hydrogen (secondary N) is 2. The quantitative estimate of drug-likeness (QED) is 0.846. The van der Waals surface area contributed by atoms with E-state index in [1.165, 1.54) is 0 Å². The highest BCUT2D eigenvalue weighted by atomic mass is 16.2. The number of carbonyl (C=O) groups is 2. The molecule has 3 rings (SSSR count). The minimum absolute atomic E-state index is 0.00347. The predicted octanol–water partition coefficient (Wildman–Crippen LogP) is 0.576. The van der Waals surface area contributed by atoms with E-state index in [-0.39, 0.29) is 24.0 Å². The van der Waals surface area contributed by atoms with Gasteiger partial charge in [-0.05, 0) is 44.0 Å². The van der Waals surface area contributed by atoms with E-state index in [9.17, 15) is 9.59 Å². The van der Waals surface area contributed by atoms with Crippen LogP contribution < -0.4 is 10.6 Å². The molecule has 0 unspecified atom stereocenters. The number of amides is 3. The first-order valence-corrected chi connectivity index (χ1v) is 8.56. The van der Waals surface area contributed by atoms with E-state index in [1.54, 1.807) is 12.4 Å². The first-order valence-electron chi connectivity index (χ1n) is 8.56. The normalized spacial score (nSPS) is 24.1. The maximum Gasteiger partial charge on any atom is 0.317 e. The standard InChI is InChI=1S/C17H25N5O2/c1-21-12-14(20-17(24)22-8-2-3-9-22)10-15(21)16(23)19-11-13-4-6-18-7-5-13/h4-7,14-15H,2-3,8-12H2,1H3,(H,19,23)(H,20,24)/t14-,15-/m0/s1. The highest BCUT2D eigenvalue weighted by Gasteiger charge is 2.35. The van der Waals surface area contributed by atoms with Gasteiger partial charge in [-0.3, -0.25) is 14.7 Å². The molecule has 0 spiro atoms. The minimum Gasteiger partial charge on any atom is -0.351 e. The molecular weight excluding hydrogens is 306 g/mol. The number of hydrogen-bond acceptors (Lipinski definition) is 4. The van der Waals surface area contributed by atoms with Crippen LogP contribution in [0.2, 0.25) is 0 Å². The number of urea groups is 1. The zero-order chi connectivity index (χ0) is 16.9. The van der Waals surface area contributed by atoms with Gasteiger partial charge in [0.2, 0.25) is 5.91 Å². The molecule has 0 aromatic carbocycles. The lowest BCUT2D eigenvalue weighted by atomic mass is 10.1. The van der Waals surface area contributed by atoms with Gasteiger partial charge in [-0.1, -0.05) is 0 Å². The van der Waals surface area contributed by atoms with Crippen molar-refractivity contribution in [2.45, 2.75) is 37.9 Å². The van der Waals surface area contributed by atoms with Crippen LogP contribution in [-0.2, 0) is 11.3 Å². The molecule has 2 N–H and O–H groups in total. The van der Waals surface area contributed by atoms with Crippen LogP contribution in [0.1, 0.15) is 24.8 Å². The lowest BCUT2D eigenvalue weighted by molar-refractivity contribution is -0.125. The molecule has 7 nitrogen and oxygen atoms in total. The zero-order valence-corrected chi connectivity index (χ0v) is 14.1. The van der Waals surface area contributed by atoms with E-state index in [2.05, 4.69) is 15.6 Å². The Labute approximate surface area is 142 Å². The first-order chi connectivity index (χ1) is 11.6. The van der Waals surface area contributed by atoms with Crippen molar-refractivity contribution in [1.29, 1.82) is 0 Å². The van der Waals surface area contributed by atoms with Crippen molar-refractivity contribution in [3.63, 3.8) is 0 Å². The third-order valence-corrected chi connectivity index (χ3v) is 4.79. The summed E-state index contributed by atoms with van der Waals surface area (Å²) in [5.41, 5.74) is 1.03. The van der Waals surface area contributed by atoms with E-state index in [4.69, 9.17) is 0 Å². The van der Waals surface area contributed by atoms with Gasteiger partial charge in [0.15, 0.2) is 0 Å². The van der Waals surface area contributed by atoms with Crippen molar-refractivity contribution in [3.05, 3.63) is 30.1 Å². The fraction of sp³-hybridized carbons (Fsp3) is 0.588. The minimum atomic E-state index is -0.198. The van der Waals surface area contributed by atoms with Crippen LogP contribution in [0.15, 0.2) is 24.5 Å². The SMILES string of the molecule is CN1C[C@@H](NC(=O)N2CCCC2)C[C@H]1C(=O)NCc1ccncc1. The average Bonchev–Trinajstić information content (AvgIpc) is 3.23. The van der Waals surface area contributed by atoms with Crippen LogP contribution in [0, 0.1) is 0 Å². The molecule has 0 saturated carbocycles. The van der Waals surface area contributed by atoms with E-state index in [0.717, 1.165) is 31.5 Å². The van der Waals surface area contributed by atoms with Crippen molar-refractivity contribution >= 4 is 11.9 Å². The molecule has 2 atom stereocenters. The Hall–Kier alpha value is -2.15. The van der Waals surface area contributed by atoms with E-state index in [1.807, 2.05) is 29.0 Å². The lowest BCUT2D eigenvalue weighted by Gasteiger charge is -2.19. The van der Waals surface area contributed by atoms with Crippen LogP contribution in [0.25, 0.3) is 0 Å². The van der Waals surface area contributed by atoms with Crippen molar-refractivity contribution in [1.82, 2.24) is 25.4 Å². The molecule has 2 saturated heterocycles. The van der Waals surface area contributed by atoms with Crippen LogP contribution in [-0.4, -0.2) is 65.5 Å². The van der Waals surface area contributed by atoms with Crippen LogP contribution in [0.5, 0.6) is 0 Å². The van der Waals surface area contributed by atoms with Crippen LogP contribution >= 0.6 is 0 Å². The van der Waals surface area contributed by atoms with E-state index < -0.39 is 0 Å². The summed E-state index contributed by atoms with van der Waals surface area (Å²) in [4.78, 5) is 32.4. The molecule has 0 aliphatic carbocycles. The van der Waals surface area contributed by atoms with Crippen molar-refractivity contribution in [2.75, 3.05) is 26.7 Å². The first kappa shape index (κ1) is 16.7. The molecule has 2 aliphatic rings. The number of carbonyl (C=O) groups excluding carboxylic acids is 2. The molecule has 0 bridgehead atoms. The average molecular weight is 331 g/mol. The second-order valence-corrected chi connectivity index (χ2v) is 6.60. The monoisotopic (exact) mass is 331 g/mol. The van der Waals surface area contributed by atoms with Gasteiger partial charge in [0, 0.05) is 44.6 Å². The summed E-state index contributed by atoms with van der Waals surface area (Å²) < 4.78 is 0. The predicted molar refractivity (Wildman–Crippen MR) is 90.2 cm³/mol. The van der Waals surface area contributed by atoms with Gasteiger partial charge in [0.1, 0.15) is 0 Å². The topological polar surface area (TPSA) is 77.6 Å². The van der Waals surface area contributed by atoms with Gasteiger partial charge in [-0.2, -0.15) is 0 Å². The largest absolute Gasteiger partial charge is 0.351 e. The Morgan fingerprint density at radius 3 is 2.67 bits per heavy atom. The second kappa shape index (κ2) is 7.61. The molecule has 7 heteroatoms. The molecular formula is C17H25N5O2. The summed E-state index contributed by atoms with van der Waals surface area (Å²) in [7, 11) is 1.93. The van der Waals surface area contributed by atoms with E-state index >= 15 is 0 Å². The number of aromatic nitrogens is 1. The highest BCUT2D eigenvalue weighted by molar-refractivity contribution is 5.82. The Bertz CT molecular complexity index is 574. The summed E-state index contributed by atoms with van der Waals surface area (Å²) in [6.07, 6.45) is 6.24. The summed E-state index contributed by atoms with van der Waals surface area (Å²) >= 11 is 0. The number of nitrogens with zero attached hydrogens (tertiary/aromatic N) is 3. The Morgan fingerprint density at radius 2 is 1.96 bits per heavy atom.